The van der Waals surface area contributed by atoms with Gasteiger partial charge in [-0.05, 0) is 23.2 Å². The summed E-state index contributed by atoms with van der Waals surface area (Å²) in [5.74, 6) is 0. The zero-order chi connectivity index (χ0) is 7.02. The van der Waals surface area contributed by atoms with Gasteiger partial charge < -0.3 is 4.42 Å². The van der Waals surface area contributed by atoms with Crippen LogP contribution in [0.1, 0.15) is 0 Å². The van der Waals surface area contributed by atoms with Crippen molar-refractivity contribution in [3.8, 4) is 0 Å². The van der Waals surface area contributed by atoms with Gasteiger partial charge in [0.2, 0.25) is 10.4 Å². The van der Waals surface area contributed by atoms with Gasteiger partial charge in [0, 0.05) is 0 Å². The number of rotatable bonds is 0. The van der Waals surface area contributed by atoms with E-state index < -0.39 is 0 Å². The third-order valence-electron chi connectivity index (χ3n) is 0.746. The van der Waals surface area contributed by atoms with Crippen LogP contribution >= 0.6 is 47.4 Å². The number of furan rings is 1. The summed E-state index contributed by atoms with van der Waals surface area (Å²) in [7, 11) is 0. The van der Waals surface area contributed by atoms with Crippen molar-refractivity contribution in [2.24, 2.45) is 0 Å². The van der Waals surface area contributed by atoms with Gasteiger partial charge in [-0.2, -0.15) is 0 Å². The second kappa shape index (κ2) is 2.62. The first-order chi connectivity index (χ1) is 4.13. The second-order valence-electron chi connectivity index (χ2n) is 1.31. The maximum atomic E-state index is 5.51. The van der Waals surface area contributed by atoms with Gasteiger partial charge in [-0.15, -0.1) is 12.6 Å². The van der Waals surface area contributed by atoms with Gasteiger partial charge >= 0.3 is 0 Å². The summed E-state index contributed by atoms with van der Waals surface area (Å²) in [6.07, 6.45) is 0. The van der Waals surface area contributed by atoms with Gasteiger partial charge in [-0.25, -0.2) is 0 Å². The minimum Gasteiger partial charge on any atom is -0.430 e. The highest BCUT2D eigenvalue weighted by atomic mass is 35.5. The van der Waals surface area contributed by atoms with Gasteiger partial charge in [0.15, 0.2) is 0 Å². The van der Waals surface area contributed by atoms with Gasteiger partial charge in [0.1, 0.15) is 5.02 Å². The highest BCUT2D eigenvalue weighted by Gasteiger charge is 2.11. The fourth-order valence-electron chi connectivity index (χ4n) is 0.351. The third kappa shape index (κ3) is 1.32. The average Bonchev–Trinajstić information content (AvgIpc) is 1.98. The zero-order valence-corrected chi connectivity index (χ0v) is 7.15. The van der Waals surface area contributed by atoms with E-state index in [2.05, 4.69) is 17.0 Å². The molecular weight excluding hydrogens is 202 g/mol. The summed E-state index contributed by atoms with van der Waals surface area (Å²) in [6, 6.07) is 0. The Morgan fingerprint density at radius 3 is 1.78 bits per heavy atom. The van der Waals surface area contributed by atoms with E-state index in [0.717, 1.165) is 0 Å². The lowest BCUT2D eigenvalue weighted by molar-refractivity contribution is 0.566. The van der Waals surface area contributed by atoms with Crippen LogP contribution in [-0.2, 0) is 0 Å². The molecular formula is C4HCl3OS. The van der Waals surface area contributed by atoms with Crippen molar-refractivity contribution in [2.45, 2.75) is 4.90 Å². The lowest BCUT2D eigenvalue weighted by Gasteiger charge is -1.78. The summed E-state index contributed by atoms with van der Waals surface area (Å²) < 4.78 is 4.67. The van der Waals surface area contributed by atoms with Crippen molar-refractivity contribution in [1.29, 1.82) is 0 Å². The summed E-state index contributed by atoms with van der Waals surface area (Å²) >= 11 is 20.2. The Hall–Kier alpha value is 0.500. The molecule has 0 amide bonds. The largest absolute Gasteiger partial charge is 0.430 e. The van der Waals surface area contributed by atoms with Crippen LogP contribution in [0.3, 0.4) is 0 Å². The molecule has 0 unspecified atom stereocenters. The molecule has 1 rings (SSSR count). The predicted molar refractivity (Wildman–Crippen MR) is 41.0 cm³/mol. The lowest BCUT2D eigenvalue weighted by atomic mass is 10.6. The van der Waals surface area contributed by atoms with E-state index in [1.54, 1.807) is 0 Å². The Bertz CT molecular complexity index is 209. The SMILES string of the molecule is Sc1c(Cl)oc(Cl)c1Cl. The Morgan fingerprint density at radius 2 is 1.67 bits per heavy atom. The summed E-state index contributed by atoms with van der Waals surface area (Å²) in [5.41, 5.74) is 0. The van der Waals surface area contributed by atoms with Crippen LogP contribution in [0.15, 0.2) is 9.31 Å². The Balaban J connectivity index is 3.29. The topological polar surface area (TPSA) is 13.1 Å². The molecule has 0 fully saturated rings. The fourth-order valence-corrected chi connectivity index (χ4v) is 1.12. The van der Waals surface area contributed by atoms with Gasteiger partial charge in [-0.1, -0.05) is 11.6 Å². The summed E-state index contributed by atoms with van der Waals surface area (Å²) in [6.45, 7) is 0. The Morgan fingerprint density at radius 1 is 1.11 bits per heavy atom. The molecule has 0 saturated carbocycles. The molecule has 50 valence electrons. The van der Waals surface area contributed by atoms with E-state index in [0.29, 0.717) is 4.90 Å². The number of hydrogen-bond acceptors (Lipinski definition) is 2. The average molecular weight is 203 g/mol. The fraction of sp³-hybridized carbons (Fsp3) is 0. The number of thiol groups is 1. The molecule has 0 aliphatic heterocycles. The maximum absolute atomic E-state index is 5.51. The number of halogens is 3. The Kier molecular flexibility index (Phi) is 2.22. The van der Waals surface area contributed by atoms with Crippen molar-refractivity contribution in [2.75, 3.05) is 0 Å². The van der Waals surface area contributed by atoms with E-state index in [9.17, 15) is 0 Å². The van der Waals surface area contributed by atoms with E-state index in [1.807, 2.05) is 0 Å². The molecule has 0 atom stereocenters. The van der Waals surface area contributed by atoms with Crippen LogP contribution in [0.4, 0.5) is 0 Å². The van der Waals surface area contributed by atoms with E-state index >= 15 is 0 Å². The molecule has 0 aromatic carbocycles. The normalized spacial score (nSPS) is 10.2. The van der Waals surface area contributed by atoms with Crippen molar-refractivity contribution in [1.82, 2.24) is 0 Å². The van der Waals surface area contributed by atoms with Crippen LogP contribution in [-0.4, -0.2) is 0 Å². The minimum absolute atomic E-state index is 0.0756. The standard InChI is InChI=1S/C4HCl3OS/c5-1-2(9)4(7)8-3(1)6/h9H. The van der Waals surface area contributed by atoms with Crippen LogP contribution in [0.25, 0.3) is 0 Å². The van der Waals surface area contributed by atoms with Crippen LogP contribution < -0.4 is 0 Å². The molecule has 0 aliphatic carbocycles. The molecule has 1 heterocycles. The van der Waals surface area contributed by atoms with Crippen LogP contribution in [0.5, 0.6) is 0 Å². The first-order valence-corrected chi connectivity index (χ1v) is 3.53. The molecule has 0 spiro atoms. The molecule has 0 saturated heterocycles. The van der Waals surface area contributed by atoms with Crippen LogP contribution in [0, 0.1) is 0 Å². The van der Waals surface area contributed by atoms with Gasteiger partial charge in [-0.3, -0.25) is 0 Å². The molecule has 0 aliphatic rings. The maximum Gasteiger partial charge on any atom is 0.215 e. The van der Waals surface area contributed by atoms with Crippen molar-refractivity contribution in [3.05, 3.63) is 15.5 Å². The van der Waals surface area contributed by atoms with Crippen molar-refractivity contribution in [3.63, 3.8) is 0 Å². The first-order valence-electron chi connectivity index (χ1n) is 1.95. The molecule has 0 radical (unpaired) electrons. The predicted octanol–water partition coefficient (Wildman–Crippen LogP) is 3.53. The molecule has 0 bridgehead atoms. The molecule has 0 N–H and O–H groups in total. The minimum atomic E-state index is 0.0756. The zero-order valence-electron chi connectivity index (χ0n) is 3.99. The third-order valence-corrected chi connectivity index (χ3v) is 2.43. The second-order valence-corrected chi connectivity index (χ2v) is 2.82. The molecule has 9 heavy (non-hydrogen) atoms. The molecule has 1 aromatic heterocycles. The summed E-state index contributed by atoms with van der Waals surface area (Å²) in [4.78, 5) is 0.378. The van der Waals surface area contributed by atoms with Gasteiger partial charge in [0.25, 0.3) is 0 Å². The van der Waals surface area contributed by atoms with E-state index in [1.165, 1.54) is 0 Å². The Labute approximate surface area is 72.3 Å². The number of hydrogen-bond donors (Lipinski definition) is 1. The quantitative estimate of drug-likeness (QED) is 0.637. The first kappa shape index (κ1) is 7.61. The van der Waals surface area contributed by atoms with Crippen molar-refractivity contribution < 1.29 is 4.42 Å². The smallest absolute Gasteiger partial charge is 0.215 e. The van der Waals surface area contributed by atoms with Crippen LogP contribution in [0.2, 0.25) is 15.5 Å². The molecule has 5 heteroatoms. The van der Waals surface area contributed by atoms with E-state index in [4.69, 9.17) is 34.8 Å². The molecule has 1 nitrogen and oxygen atoms in total. The summed E-state index contributed by atoms with van der Waals surface area (Å²) in [5, 5.41) is 0.449. The highest BCUT2D eigenvalue weighted by molar-refractivity contribution is 7.80. The van der Waals surface area contributed by atoms with E-state index in [-0.39, 0.29) is 15.5 Å². The highest BCUT2D eigenvalue weighted by Crippen LogP contribution is 2.36. The van der Waals surface area contributed by atoms with Crippen molar-refractivity contribution >= 4 is 47.4 Å². The van der Waals surface area contributed by atoms with Gasteiger partial charge in [0.05, 0.1) is 4.90 Å². The lowest BCUT2D eigenvalue weighted by Crippen LogP contribution is -1.55. The molecule has 1 aromatic rings. The monoisotopic (exact) mass is 202 g/mol.